The maximum absolute atomic E-state index is 5.47. The van der Waals surface area contributed by atoms with Gasteiger partial charge in [-0.3, -0.25) is 16.3 Å². The van der Waals surface area contributed by atoms with Gasteiger partial charge in [-0.05, 0) is 31.0 Å². The zero-order chi connectivity index (χ0) is 10.2. The third-order valence-corrected chi connectivity index (χ3v) is 2.04. The van der Waals surface area contributed by atoms with Gasteiger partial charge in [0.1, 0.15) is 0 Å². The van der Waals surface area contributed by atoms with Gasteiger partial charge in [-0.2, -0.15) is 0 Å². The Labute approximate surface area is 84.7 Å². The number of nitrogens with zero attached hydrogens (tertiary/aromatic N) is 1. The van der Waals surface area contributed by atoms with E-state index in [2.05, 4.69) is 22.3 Å². The van der Waals surface area contributed by atoms with Crippen LogP contribution < -0.4 is 11.3 Å². The molecule has 74 valence electrons. The van der Waals surface area contributed by atoms with Crippen molar-refractivity contribution in [2.24, 2.45) is 5.84 Å². The van der Waals surface area contributed by atoms with Crippen molar-refractivity contribution in [3.05, 3.63) is 30.1 Å². The van der Waals surface area contributed by atoms with Gasteiger partial charge < -0.3 is 0 Å². The third kappa shape index (κ3) is 3.17. The van der Waals surface area contributed by atoms with Gasteiger partial charge in [0.15, 0.2) is 0 Å². The lowest BCUT2D eigenvalue weighted by Gasteiger charge is -2.14. The van der Waals surface area contributed by atoms with Crippen LogP contribution >= 0.6 is 0 Å². The molecule has 1 heterocycles. The summed E-state index contributed by atoms with van der Waals surface area (Å²) in [5.41, 5.74) is 3.93. The fourth-order valence-corrected chi connectivity index (χ4v) is 1.28. The zero-order valence-electron chi connectivity index (χ0n) is 8.33. The second-order valence-corrected chi connectivity index (χ2v) is 2.97. The number of aromatic nitrogens is 1. The van der Waals surface area contributed by atoms with Gasteiger partial charge in [0.2, 0.25) is 0 Å². The molecule has 3 nitrogen and oxygen atoms in total. The van der Waals surface area contributed by atoms with Crippen LogP contribution in [0.4, 0.5) is 0 Å². The summed E-state index contributed by atoms with van der Waals surface area (Å²) in [6.45, 7) is 1.84. The second-order valence-electron chi connectivity index (χ2n) is 2.97. The molecule has 3 heteroatoms. The molecule has 0 aromatic carbocycles. The Morgan fingerprint density at radius 1 is 1.50 bits per heavy atom. The van der Waals surface area contributed by atoms with E-state index in [0.29, 0.717) is 0 Å². The largest absolute Gasteiger partial charge is 0.271 e. The molecule has 14 heavy (non-hydrogen) atoms. The lowest BCUT2D eigenvalue weighted by molar-refractivity contribution is 0.523. The van der Waals surface area contributed by atoms with E-state index in [1.54, 1.807) is 12.4 Å². The molecule has 3 N–H and O–H groups in total. The molecule has 0 amide bonds. The molecule has 0 saturated carbocycles. The number of pyridine rings is 1. The van der Waals surface area contributed by atoms with Crippen LogP contribution in [0.3, 0.4) is 0 Å². The van der Waals surface area contributed by atoms with Crippen LogP contribution in [0.25, 0.3) is 0 Å². The first-order valence-electron chi connectivity index (χ1n) is 4.64. The lowest BCUT2D eigenvalue weighted by atomic mass is 10.0. The van der Waals surface area contributed by atoms with Crippen LogP contribution in [-0.2, 0) is 0 Å². The second kappa shape index (κ2) is 6.14. The minimum atomic E-state index is 0.166. The molecule has 1 aromatic heterocycles. The number of rotatable bonds is 4. The monoisotopic (exact) mass is 189 g/mol. The van der Waals surface area contributed by atoms with Gasteiger partial charge in [-0.1, -0.05) is 0 Å². The summed E-state index contributed by atoms with van der Waals surface area (Å²) in [5, 5.41) is 0. The van der Waals surface area contributed by atoms with E-state index in [9.17, 15) is 0 Å². The van der Waals surface area contributed by atoms with E-state index < -0.39 is 0 Å². The first-order chi connectivity index (χ1) is 6.88. The molecule has 0 saturated heterocycles. The van der Waals surface area contributed by atoms with Crippen LogP contribution in [0.5, 0.6) is 0 Å². The van der Waals surface area contributed by atoms with Gasteiger partial charge in [0, 0.05) is 24.9 Å². The maximum atomic E-state index is 5.47. The quantitative estimate of drug-likeness (QED) is 0.427. The van der Waals surface area contributed by atoms with Crippen LogP contribution in [0.2, 0.25) is 0 Å². The van der Waals surface area contributed by atoms with Crippen molar-refractivity contribution in [3.8, 4) is 11.8 Å². The Morgan fingerprint density at radius 3 is 2.79 bits per heavy atom. The summed E-state index contributed by atoms with van der Waals surface area (Å²) in [4.78, 5) is 3.96. The van der Waals surface area contributed by atoms with Crippen LogP contribution in [-0.4, -0.2) is 4.98 Å². The zero-order valence-corrected chi connectivity index (χ0v) is 8.33. The molecular weight excluding hydrogens is 174 g/mol. The Kier molecular flexibility index (Phi) is 4.70. The van der Waals surface area contributed by atoms with Crippen LogP contribution in [0.15, 0.2) is 24.5 Å². The fourth-order valence-electron chi connectivity index (χ4n) is 1.28. The van der Waals surface area contributed by atoms with Crippen LogP contribution in [0.1, 0.15) is 31.4 Å². The molecule has 0 aliphatic carbocycles. The van der Waals surface area contributed by atoms with Gasteiger partial charge in [-0.25, -0.2) is 0 Å². The summed E-state index contributed by atoms with van der Waals surface area (Å²) in [5.74, 6) is 11.4. The number of nitrogens with one attached hydrogen (secondary N) is 1. The Balaban J connectivity index is 2.57. The van der Waals surface area contributed by atoms with E-state index >= 15 is 0 Å². The first kappa shape index (κ1) is 10.7. The van der Waals surface area contributed by atoms with Crippen molar-refractivity contribution in [1.82, 2.24) is 10.4 Å². The van der Waals surface area contributed by atoms with Crippen molar-refractivity contribution in [3.63, 3.8) is 0 Å². The van der Waals surface area contributed by atoms with Crippen molar-refractivity contribution < 1.29 is 0 Å². The predicted molar refractivity (Wildman–Crippen MR) is 57.0 cm³/mol. The Hall–Kier alpha value is -1.37. The molecular formula is C11H15N3. The maximum Gasteiger partial charge on any atom is 0.0470 e. The summed E-state index contributed by atoms with van der Waals surface area (Å²) in [7, 11) is 0. The normalized spacial score (nSPS) is 11.6. The molecule has 1 rings (SSSR count). The molecule has 1 unspecified atom stereocenters. The highest BCUT2D eigenvalue weighted by Gasteiger charge is 2.07. The molecule has 0 bridgehead atoms. The van der Waals surface area contributed by atoms with E-state index in [4.69, 9.17) is 5.84 Å². The van der Waals surface area contributed by atoms with Crippen molar-refractivity contribution in [2.75, 3.05) is 0 Å². The minimum Gasteiger partial charge on any atom is -0.271 e. The van der Waals surface area contributed by atoms with Crippen LogP contribution in [0, 0.1) is 11.8 Å². The number of nitrogens with two attached hydrogens (primary N) is 1. The number of hydrogen-bond acceptors (Lipinski definition) is 3. The average Bonchev–Trinajstić information content (AvgIpc) is 2.26. The summed E-state index contributed by atoms with van der Waals surface area (Å²) in [6, 6.07) is 4.09. The number of hydrazine groups is 1. The Morgan fingerprint density at radius 2 is 2.21 bits per heavy atom. The minimum absolute atomic E-state index is 0.166. The van der Waals surface area contributed by atoms with Gasteiger partial charge in [-0.15, -0.1) is 11.8 Å². The van der Waals surface area contributed by atoms with Gasteiger partial charge in [0.25, 0.3) is 0 Å². The highest BCUT2D eigenvalue weighted by molar-refractivity contribution is 5.15. The molecule has 0 aliphatic rings. The Bertz CT molecular complexity index is 310. The van der Waals surface area contributed by atoms with E-state index in [0.717, 1.165) is 18.4 Å². The molecule has 0 fully saturated rings. The molecule has 0 aliphatic heterocycles. The van der Waals surface area contributed by atoms with E-state index in [1.807, 2.05) is 19.1 Å². The van der Waals surface area contributed by atoms with Crippen molar-refractivity contribution in [1.29, 1.82) is 0 Å². The van der Waals surface area contributed by atoms with Gasteiger partial charge >= 0.3 is 0 Å². The molecule has 1 aromatic rings. The summed E-state index contributed by atoms with van der Waals surface area (Å²) in [6.07, 6.45) is 5.31. The van der Waals surface area contributed by atoms with Crippen molar-refractivity contribution >= 4 is 0 Å². The van der Waals surface area contributed by atoms with Crippen molar-refractivity contribution in [2.45, 2.75) is 25.8 Å². The highest BCUT2D eigenvalue weighted by atomic mass is 15.2. The molecule has 1 atom stereocenters. The topological polar surface area (TPSA) is 50.9 Å². The van der Waals surface area contributed by atoms with E-state index in [-0.39, 0.29) is 6.04 Å². The molecule has 0 radical (unpaired) electrons. The smallest absolute Gasteiger partial charge is 0.0470 e. The average molecular weight is 189 g/mol. The highest BCUT2D eigenvalue weighted by Crippen LogP contribution is 2.15. The standard InChI is InChI=1S/C11H15N3/c1-2-3-4-5-11(14-12)10-6-8-13-9-7-10/h6-9,11,14H,4-5,12H2,1H3. The number of hydrogen-bond donors (Lipinski definition) is 2. The summed E-state index contributed by atoms with van der Waals surface area (Å²) >= 11 is 0. The van der Waals surface area contributed by atoms with Gasteiger partial charge in [0.05, 0.1) is 0 Å². The predicted octanol–water partition coefficient (Wildman–Crippen LogP) is 1.39. The molecule has 0 spiro atoms. The third-order valence-electron chi connectivity index (χ3n) is 2.04. The summed E-state index contributed by atoms with van der Waals surface area (Å²) < 4.78 is 0. The SMILES string of the molecule is CC#CCCC(NN)c1ccncc1. The first-order valence-corrected chi connectivity index (χ1v) is 4.64. The lowest BCUT2D eigenvalue weighted by Crippen LogP contribution is -2.27. The van der Waals surface area contributed by atoms with E-state index in [1.165, 1.54) is 0 Å². The fraction of sp³-hybridized carbons (Fsp3) is 0.364.